The van der Waals surface area contributed by atoms with E-state index in [2.05, 4.69) is 5.32 Å². The third kappa shape index (κ3) is 3.95. The predicted molar refractivity (Wildman–Crippen MR) is 80.1 cm³/mol. The molecule has 20 heavy (non-hydrogen) atoms. The molecule has 1 aromatic rings. The first-order chi connectivity index (χ1) is 9.40. The molecule has 0 saturated heterocycles. The minimum Gasteiger partial charge on any atom is -0.377 e. The molecule has 5 nitrogen and oxygen atoms in total. The normalized spacial score (nSPS) is 12.3. The van der Waals surface area contributed by atoms with Gasteiger partial charge in [-0.2, -0.15) is 0 Å². The number of anilines is 1. The van der Waals surface area contributed by atoms with Crippen molar-refractivity contribution in [1.82, 2.24) is 4.90 Å². The van der Waals surface area contributed by atoms with Crippen LogP contribution in [0.5, 0.6) is 0 Å². The number of rotatable bonds is 6. The van der Waals surface area contributed by atoms with Crippen LogP contribution in [0.15, 0.2) is 18.2 Å². The van der Waals surface area contributed by atoms with Crippen molar-refractivity contribution in [2.75, 3.05) is 33.6 Å². The molecule has 0 aliphatic rings. The summed E-state index contributed by atoms with van der Waals surface area (Å²) >= 11 is 0. The summed E-state index contributed by atoms with van der Waals surface area (Å²) in [5.74, 6) is -0.0178. The SMILES string of the molecule is COC(OC)C(C)Nc1cc(C(=O)N(C)C)ccc1C. The van der Waals surface area contributed by atoms with Crippen LogP contribution in [0.3, 0.4) is 0 Å². The number of nitrogens with one attached hydrogen (secondary N) is 1. The van der Waals surface area contributed by atoms with Crippen LogP contribution in [0.25, 0.3) is 0 Å². The molecule has 1 atom stereocenters. The molecule has 1 amide bonds. The second-order valence-electron chi connectivity index (χ2n) is 5.00. The van der Waals surface area contributed by atoms with E-state index in [0.717, 1.165) is 11.3 Å². The number of methoxy groups -OCH3 is 2. The number of aryl methyl sites for hydroxylation is 1. The van der Waals surface area contributed by atoms with Crippen LogP contribution in [0.1, 0.15) is 22.8 Å². The first kappa shape index (κ1) is 16.5. The topological polar surface area (TPSA) is 50.8 Å². The van der Waals surface area contributed by atoms with Gasteiger partial charge in [-0.1, -0.05) is 6.07 Å². The number of benzene rings is 1. The van der Waals surface area contributed by atoms with E-state index >= 15 is 0 Å². The summed E-state index contributed by atoms with van der Waals surface area (Å²) in [6.07, 6.45) is -0.345. The van der Waals surface area contributed by atoms with Gasteiger partial charge in [0, 0.05) is 39.6 Å². The Morgan fingerprint density at radius 1 is 1.25 bits per heavy atom. The van der Waals surface area contributed by atoms with Crippen LogP contribution in [0.4, 0.5) is 5.69 Å². The van der Waals surface area contributed by atoms with E-state index in [-0.39, 0.29) is 18.2 Å². The molecular formula is C15H24N2O3. The van der Waals surface area contributed by atoms with Crippen LogP contribution >= 0.6 is 0 Å². The van der Waals surface area contributed by atoms with Gasteiger partial charge >= 0.3 is 0 Å². The molecule has 0 aliphatic heterocycles. The summed E-state index contributed by atoms with van der Waals surface area (Å²) in [4.78, 5) is 13.5. The van der Waals surface area contributed by atoms with Crippen molar-refractivity contribution in [3.8, 4) is 0 Å². The number of ether oxygens (including phenoxy) is 2. The second-order valence-corrected chi connectivity index (χ2v) is 5.00. The van der Waals surface area contributed by atoms with Gasteiger partial charge in [-0.15, -0.1) is 0 Å². The smallest absolute Gasteiger partial charge is 0.253 e. The van der Waals surface area contributed by atoms with E-state index in [0.29, 0.717) is 5.56 Å². The monoisotopic (exact) mass is 280 g/mol. The lowest BCUT2D eigenvalue weighted by Gasteiger charge is -2.24. The number of amides is 1. The van der Waals surface area contributed by atoms with Gasteiger partial charge in [-0.25, -0.2) is 0 Å². The molecule has 1 unspecified atom stereocenters. The van der Waals surface area contributed by atoms with E-state index in [1.807, 2.05) is 32.0 Å². The molecule has 0 saturated carbocycles. The summed E-state index contributed by atoms with van der Waals surface area (Å²) in [7, 11) is 6.68. The van der Waals surface area contributed by atoms with E-state index in [4.69, 9.17) is 9.47 Å². The summed E-state index contributed by atoms with van der Waals surface area (Å²) in [5, 5.41) is 3.33. The van der Waals surface area contributed by atoms with Crippen molar-refractivity contribution in [3.63, 3.8) is 0 Å². The molecule has 0 aromatic heterocycles. The fourth-order valence-electron chi connectivity index (χ4n) is 1.99. The number of carbonyl (C=O) groups is 1. The Labute approximate surface area is 120 Å². The zero-order valence-corrected chi connectivity index (χ0v) is 13.1. The van der Waals surface area contributed by atoms with E-state index in [1.54, 1.807) is 33.2 Å². The Hall–Kier alpha value is -1.59. The second kappa shape index (κ2) is 7.26. The fraction of sp³-hybridized carbons (Fsp3) is 0.533. The van der Waals surface area contributed by atoms with Crippen molar-refractivity contribution < 1.29 is 14.3 Å². The Balaban J connectivity index is 2.94. The molecule has 1 rings (SSSR count). The molecule has 5 heteroatoms. The maximum Gasteiger partial charge on any atom is 0.253 e. The summed E-state index contributed by atoms with van der Waals surface area (Å²) in [6, 6.07) is 5.59. The van der Waals surface area contributed by atoms with Crippen LogP contribution in [-0.2, 0) is 9.47 Å². The van der Waals surface area contributed by atoms with Gasteiger partial charge in [0.25, 0.3) is 5.91 Å². The molecule has 0 radical (unpaired) electrons. The predicted octanol–water partition coefficient (Wildman–Crippen LogP) is 2.12. The highest BCUT2D eigenvalue weighted by Gasteiger charge is 2.17. The standard InChI is InChI=1S/C15H24N2O3/c1-10-7-8-12(14(18)17(3)4)9-13(10)16-11(2)15(19-5)20-6/h7-9,11,15-16H,1-6H3. The lowest BCUT2D eigenvalue weighted by Crippen LogP contribution is -2.34. The molecular weight excluding hydrogens is 256 g/mol. The average Bonchev–Trinajstić information content (AvgIpc) is 2.41. The highest BCUT2D eigenvalue weighted by molar-refractivity contribution is 5.95. The Morgan fingerprint density at radius 3 is 2.35 bits per heavy atom. The molecule has 0 aliphatic carbocycles. The Bertz CT molecular complexity index is 456. The van der Waals surface area contributed by atoms with Crippen molar-refractivity contribution in [2.45, 2.75) is 26.2 Å². The highest BCUT2D eigenvalue weighted by Crippen LogP contribution is 2.20. The van der Waals surface area contributed by atoms with Gasteiger partial charge in [-0.3, -0.25) is 4.79 Å². The van der Waals surface area contributed by atoms with E-state index in [1.165, 1.54) is 0 Å². The van der Waals surface area contributed by atoms with Crippen LogP contribution in [0, 0.1) is 6.92 Å². The third-order valence-corrected chi connectivity index (χ3v) is 3.15. The van der Waals surface area contributed by atoms with E-state index < -0.39 is 0 Å². The highest BCUT2D eigenvalue weighted by atomic mass is 16.7. The summed E-state index contributed by atoms with van der Waals surface area (Å²) in [5.41, 5.74) is 2.63. The van der Waals surface area contributed by atoms with Gasteiger partial charge in [0.2, 0.25) is 0 Å². The molecule has 0 spiro atoms. The number of hydrogen-bond acceptors (Lipinski definition) is 4. The molecule has 0 bridgehead atoms. The molecule has 112 valence electrons. The minimum atomic E-state index is -0.345. The number of hydrogen-bond donors (Lipinski definition) is 1. The first-order valence-corrected chi connectivity index (χ1v) is 6.55. The van der Waals surface area contributed by atoms with E-state index in [9.17, 15) is 4.79 Å². The first-order valence-electron chi connectivity index (χ1n) is 6.55. The van der Waals surface area contributed by atoms with Crippen LogP contribution in [-0.4, -0.2) is 51.5 Å². The lowest BCUT2D eigenvalue weighted by atomic mass is 10.1. The maximum absolute atomic E-state index is 12.0. The summed E-state index contributed by atoms with van der Waals surface area (Å²) in [6.45, 7) is 3.96. The maximum atomic E-state index is 12.0. The number of nitrogens with zero attached hydrogens (tertiary/aromatic N) is 1. The third-order valence-electron chi connectivity index (χ3n) is 3.15. The zero-order valence-electron chi connectivity index (χ0n) is 13.1. The Morgan fingerprint density at radius 2 is 1.85 bits per heavy atom. The van der Waals surface area contributed by atoms with Gasteiger partial charge in [-0.05, 0) is 31.5 Å². The van der Waals surface area contributed by atoms with Gasteiger partial charge in [0.1, 0.15) is 0 Å². The number of carbonyl (C=O) groups excluding carboxylic acids is 1. The molecule has 1 aromatic carbocycles. The lowest BCUT2D eigenvalue weighted by molar-refractivity contribution is -0.109. The zero-order chi connectivity index (χ0) is 15.3. The van der Waals surface area contributed by atoms with Crippen molar-refractivity contribution >= 4 is 11.6 Å². The minimum absolute atomic E-state index is 0.0178. The largest absolute Gasteiger partial charge is 0.377 e. The quantitative estimate of drug-likeness (QED) is 0.811. The van der Waals surface area contributed by atoms with Gasteiger partial charge < -0.3 is 19.7 Å². The Kier molecular flexibility index (Phi) is 5.98. The van der Waals surface area contributed by atoms with Crippen molar-refractivity contribution in [2.24, 2.45) is 0 Å². The fourth-order valence-corrected chi connectivity index (χ4v) is 1.99. The molecule has 1 N–H and O–H groups in total. The summed E-state index contributed by atoms with van der Waals surface area (Å²) < 4.78 is 10.5. The van der Waals surface area contributed by atoms with Crippen molar-refractivity contribution in [1.29, 1.82) is 0 Å². The van der Waals surface area contributed by atoms with Crippen molar-refractivity contribution in [3.05, 3.63) is 29.3 Å². The van der Waals surface area contributed by atoms with Gasteiger partial charge in [0.05, 0.1) is 6.04 Å². The average molecular weight is 280 g/mol. The van der Waals surface area contributed by atoms with Gasteiger partial charge in [0.15, 0.2) is 6.29 Å². The molecule has 0 heterocycles. The molecule has 0 fully saturated rings. The van der Waals surface area contributed by atoms with Crippen LogP contribution < -0.4 is 5.32 Å². The van der Waals surface area contributed by atoms with Crippen LogP contribution in [0.2, 0.25) is 0 Å².